The van der Waals surface area contributed by atoms with Gasteiger partial charge >= 0.3 is 0 Å². The third-order valence-corrected chi connectivity index (χ3v) is 3.04. The van der Waals surface area contributed by atoms with E-state index in [2.05, 4.69) is 6.92 Å². The summed E-state index contributed by atoms with van der Waals surface area (Å²) in [6, 6.07) is 7.67. The number of rotatable bonds is 8. The van der Waals surface area contributed by atoms with Crippen LogP contribution in [0.2, 0.25) is 0 Å². The molecule has 0 bridgehead atoms. The molecule has 1 nitrogen and oxygen atoms in total. The molecule has 1 radical (unpaired) electrons. The monoisotopic (exact) mass is 259 g/mol. The minimum absolute atomic E-state index is 0. The van der Waals surface area contributed by atoms with Crippen molar-refractivity contribution in [2.75, 3.05) is 0 Å². The van der Waals surface area contributed by atoms with Gasteiger partial charge in [-0.15, -0.1) is 0 Å². The van der Waals surface area contributed by atoms with Crippen molar-refractivity contribution in [2.24, 2.45) is 0 Å². The van der Waals surface area contributed by atoms with E-state index in [0.29, 0.717) is 5.75 Å². The van der Waals surface area contributed by atoms with Crippen LogP contribution in [0.15, 0.2) is 24.3 Å². The van der Waals surface area contributed by atoms with E-state index >= 15 is 0 Å². The van der Waals surface area contributed by atoms with Crippen molar-refractivity contribution in [3.63, 3.8) is 0 Å². The standard InChI is InChI=1S/C15H24O.K/c1-2-3-4-5-6-7-8-11-14-12-9-10-13-15(14)16;/h9-10,12-13,16H,2-8,11H2,1H3;. The summed E-state index contributed by atoms with van der Waals surface area (Å²) < 4.78 is 0. The van der Waals surface area contributed by atoms with Crippen molar-refractivity contribution < 1.29 is 5.11 Å². The predicted octanol–water partition coefficient (Wildman–Crippen LogP) is 4.30. The van der Waals surface area contributed by atoms with E-state index in [9.17, 15) is 5.11 Å². The van der Waals surface area contributed by atoms with Gasteiger partial charge in [0.2, 0.25) is 0 Å². The van der Waals surface area contributed by atoms with Crippen LogP contribution in [0.1, 0.15) is 57.4 Å². The fourth-order valence-electron chi connectivity index (χ4n) is 1.99. The number of phenolic OH excluding ortho intramolecular Hbond substituents is 1. The molecule has 91 valence electrons. The Balaban J connectivity index is 0.00000256. The van der Waals surface area contributed by atoms with Crippen LogP contribution < -0.4 is 0 Å². The van der Waals surface area contributed by atoms with Crippen LogP contribution in [-0.4, -0.2) is 56.5 Å². The molecule has 0 aliphatic carbocycles. The summed E-state index contributed by atoms with van der Waals surface area (Å²) in [6.45, 7) is 2.25. The molecule has 2 heteroatoms. The van der Waals surface area contributed by atoms with E-state index in [0.717, 1.165) is 12.0 Å². The van der Waals surface area contributed by atoms with E-state index < -0.39 is 0 Å². The first-order valence-electron chi connectivity index (χ1n) is 6.61. The molecule has 1 aromatic rings. The van der Waals surface area contributed by atoms with E-state index in [-0.39, 0.29) is 51.4 Å². The molecule has 1 N–H and O–H groups in total. The van der Waals surface area contributed by atoms with Crippen molar-refractivity contribution in [1.29, 1.82) is 0 Å². The molecule has 1 aromatic carbocycles. The second-order valence-electron chi connectivity index (χ2n) is 4.50. The largest absolute Gasteiger partial charge is 0.508 e. The third kappa shape index (κ3) is 8.39. The van der Waals surface area contributed by atoms with Crippen molar-refractivity contribution in [3.8, 4) is 5.75 Å². The number of phenols is 1. The number of unbranched alkanes of at least 4 members (excludes halogenated alkanes) is 6. The van der Waals surface area contributed by atoms with Gasteiger partial charge in [0.15, 0.2) is 0 Å². The summed E-state index contributed by atoms with van der Waals surface area (Å²) in [5, 5.41) is 9.58. The fraction of sp³-hybridized carbons (Fsp3) is 0.600. The van der Waals surface area contributed by atoms with Gasteiger partial charge in [0.25, 0.3) is 0 Å². The average molecular weight is 259 g/mol. The van der Waals surface area contributed by atoms with Crippen LogP contribution in [0.25, 0.3) is 0 Å². The minimum atomic E-state index is 0. The van der Waals surface area contributed by atoms with Crippen LogP contribution in [0, 0.1) is 0 Å². The van der Waals surface area contributed by atoms with Gasteiger partial charge in [-0.1, -0.05) is 63.6 Å². The average Bonchev–Trinajstić information content (AvgIpc) is 2.30. The summed E-state index contributed by atoms with van der Waals surface area (Å²) in [7, 11) is 0. The number of aromatic hydroxyl groups is 1. The van der Waals surface area contributed by atoms with Gasteiger partial charge in [0.1, 0.15) is 5.75 Å². The van der Waals surface area contributed by atoms with Crippen LogP contribution in [0.4, 0.5) is 0 Å². The zero-order chi connectivity index (χ0) is 11.6. The van der Waals surface area contributed by atoms with E-state index in [4.69, 9.17) is 0 Å². The Bertz CT molecular complexity index is 286. The van der Waals surface area contributed by atoms with E-state index in [1.165, 1.54) is 44.9 Å². The Morgan fingerprint density at radius 1 is 0.882 bits per heavy atom. The van der Waals surface area contributed by atoms with Gasteiger partial charge in [0, 0.05) is 51.4 Å². The molecule has 0 aliphatic rings. The Kier molecular flexibility index (Phi) is 12.2. The van der Waals surface area contributed by atoms with Gasteiger partial charge in [0.05, 0.1) is 0 Å². The van der Waals surface area contributed by atoms with Gasteiger partial charge in [-0.2, -0.15) is 0 Å². The molecule has 0 aromatic heterocycles. The Morgan fingerprint density at radius 2 is 1.47 bits per heavy atom. The summed E-state index contributed by atoms with van der Waals surface area (Å²) >= 11 is 0. The summed E-state index contributed by atoms with van der Waals surface area (Å²) in [5.41, 5.74) is 1.09. The molecule has 0 unspecified atom stereocenters. The maximum absolute atomic E-state index is 9.58. The SMILES string of the molecule is CCCCCCCCCc1ccccc1O.[K]. The predicted molar refractivity (Wildman–Crippen MR) is 75.6 cm³/mol. The second kappa shape index (κ2) is 11.7. The molecule has 0 saturated carbocycles. The summed E-state index contributed by atoms with van der Waals surface area (Å²) in [6.07, 6.45) is 10.3. The number of hydrogen-bond donors (Lipinski definition) is 1. The molecule has 0 aliphatic heterocycles. The molecule has 0 amide bonds. The normalized spacial score (nSPS) is 9.94. The van der Waals surface area contributed by atoms with Crippen LogP contribution in [0.5, 0.6) is 5.75 Å². The number of hydrogen-bond acceptors (Lipinski definition) is 1. The van der Waals surface area contributed by atoms with Crippen molar-refractivity contribution in [1.82, 2.24) is 0 Å². The second-order valence-corrected chi connectivity index (χ2v) is 4.50. The molecule has 1 rings (SSSR count). The molecule has 0 atom stereocenters. The Hall–Kier alpha value is 0.656. The first-order valence-corrected chi connectivity index (χ1v) is 6.61. The Morgan fingerprint density at radius 3 is 2.12 bits per heavy atom. The number of para-hydroxylation sites is 1. The molecular formula is C15H24KO. The van der Waals surface area contributed by atoms with Crippen LogP contribution in [0.3, 0.4) is 0 Å². The third-order valence-electron chi connectivity index (χ3n) is 3.04. The molecule has 0 spiro atoms. The van der Waals surface area contributed by atoms with E-state index in [1.807, 2.05) is 18.2 Å². The van der Waals surface area contributed by atoms with Crippen molar-refractivity contribution >= 4 is 51.4 Å². The Labute approximate surface area is 148 Å². The minimum Gasteiger partial charge on any atom is -0.508 e. The first kappa shape index (κ1) is 17.7. The molecule has 0 fully saturated rings. The van der Waals surface area contributed by atoms with Gasteiger partial charge in [-0.25, -0.2) is 0 Å². The van der Waals surface area contributed by atoms with Gasteiger partial charge in [-0.05, 0) is 24.5 Å². The zero-order valence-electron chi connectivity index (χ0n) is 11.4. The quantitative estimate of drug-likeness (QED) is 0.545. The zero-order valence-corrected chi connectivity index (χ0v) is 14.5. The fourth-order valence-corrected chi connectivity index (χ4v) is 1.99. The maximum atomic E-state index is 9.58. The van der Waals surface area contributed by atoms with Crippen LogP contribution >= 0.6 is 0 Å². The molecule has 17 heavy (non-hydrogen) atoms. The van der Waals surface area contributed by atoms with E-state index in [1.54, 1.807) is 6.07 Å². The van der Waals surface area contributed by atoms with Crippen molar-refractivity contribution in [3.05, 3.63) is 29.8 Å². The molecule has 0 heterocycles. The van der Waals surface area contributed by atoms with Crippen molar-refractivity contribution in [2.45, 2.75) is 58.3 Å². The van der Waals surface area contributed by atoms with Crippen LogP contribution in [-0.2, 0) is 6.42 Å². The first-order chi connectivity index (χ1) is 7.84. The summed E-state index contributed by atoms with van der Waals surface area (Å²) in [5.74, 6) is 0.452. The number of aryl methyl sites for hydroxylation is 1. The molecule has 0 saturated heterocycles. The van der Waals surface area contributed by atoms with Gasteiger partial charge < -0.3 is 5.11 Å². The number of benzene rings is 1. The maximum Gasteiger partial charge on any atom is 0.118 e. The molecular weight excluding hydrogens is 235 g/mol. The smallest absolute Gasteiger partial charge is 0.118 e. The topological polar surface area (TPSA) is 20.2 Å². The summed E-state index contributed by atoms with van der Waals surface area (Å²) in [4.78, 5) is 0. The van der Waals surface area contributed by atoms with Gasteiger partial charge in [-0.3, -0.25) is 0 Å².